The lowest BCUT2D eigenvalue weighted by Gasteiger charge is -2.30. The second-order valence-electron chi connectivity index (χ2n) is 6.93. The number of cyclic esters (lactones) is 1. The molecule has 0 radical (unpaired) electrons. The molecule has 3 saturated heterocycles. The molecule has 0 amide bonds. The van der Waals surface area contributed by atoms with Crippen LogP contribution in [0.4, 0.5) is 0 Å². The van der Waals surface area contributed by atoms with Gasteiger partial charge in [-0.3, -0.25) is 13.9 Å². The van der Waals surface area contributed by atoms with Gasteiger partial charge in [0.15, 0.2) is 0 Å². The molecule has 0 bridgehead atoms. The van der Waals surface area contributed by atoms with Crippen molar-refractivity contribution in [1.29, 1.82) is 0 Å². The average Bonchev–Trinajstić information content (AvgIpc) is 3.19. The van der Waals surface area contributed by atoms with Crippen molar-refractivity contribution < 1.29 is 22.1 Å². The summed E-state index contributed by atoms with van der Waals surface area (Å²) in [6.45, 7) is 3.58. The number of esters is 1. The van der Waals surface area contributed by atoms with Crippen molar-refractivity contribution in [1.82, 2.24) is 4.90 Å². The second-order valence-corrected chi connectivity index (χ2v) is 8.50. The van der Waals surface area contributed by atoms with Gasteiger partial charge in [-0.05, 0) is 38.4 Å². The van der Waals surface area contributed by atoms with Gasteiger partial charge in [-0.25, -0.2) is 0 Å². The smallest absolute Gasteiger partial charge is 0.316 e. The van der Waals surface area contributed by atoms with E-state index in [9.17, 15) is 13.2 Å². The molecule has 0 saturated carbocycles. The molecule has 0 N–H and O–H groups in total. The predicted octanol–water partition coefficient (Wildman–Crippen LogP) is 1.48. The van der Waals surface area contributed by atoms with Crippen LogP contribution in [-0.4, -0.2) is 51.1 Å². The first kappa shape index (κ1) is 16.1. The van der Waals surface area contributed by atoms with Crippen molar-refractivity contribution in [2.24, 2.45) is 5.41 Å². The summed E-state index contributed by atoms with van der Waals surface area (Å²) in [5, 5.41) is 0. The maximum Gasteiger partial charge on any atom is 0.316 e. The summed E-state index contributed by atoms with van der Waals surface area (Å²) in [7, 11) is -3.91. The third-order valence-electron chi connectivity index (χ3n) is 5.61. The van der Waals surface area contributed by atoms with E-state index in [-0.39, 0.29) is 16.9 Å². The zero-order chi connectivity index (χ0) is 16.9. The quantitative estimate of drug-likeness (QED) is 0.607. The summed E-state index contributed by atoms with van der Waals surface area (Å²) >= 11 is 0. The molecule has 3 heterocycles. The van der Waals surface area contributed by atoms with Gasteiger partial charge in [0.05, 0.1) is 11.5 Å². The van der Waals surface area contributed by atoms with Crippen LogP contribution in [-0.2, 0) is 23.8 Å². The molecule has 4 rings (SSSR count). The first-order valence-corrected chi connectivity index (χ1v) is 9.75. The molecule has 6 nitrogen and oxygen atoms in total. The number of hydrogen-bond donors (Lipinski definition) is 0. The van der Waals surface area contributed by atoms with E-state index in [1.165, 1.54) is 0 Å². The molecule has 0 aromatic heterocycles. The Morgan fingerprint density at radius 3 is 2.71 bits per heavy atom. The monoisotopic (exact) mass is 351 g/mol. The summed E-state index contributed by atoms with van der Waals surface area (Å²) in [6, 6.07) is 6.59. The molecule has 1 aromatic rings. The van der Waals surface area contributed by atoms with Gasteiger partial charge >= 0.3 is 5.97 Å². The Morgan fingerprint density at radius 1 is 1.29 bits per heavy atom. The first-order valence-electron chi connectivity index (χ1n) is 8.35. The highest BCUT2D eigenvalue weighted by atomic mass is 32.2. The molecular weight excluding hydrogens is 330 g/mol. The molecule has 0 unspecified atom stereocenters. The average molecular weight is 351 g/mol. The van der Waals surface area contributed by atoms with Crippen LogP contribution in [0.5, 0.6) is 0 Å². The van der Waals surface area contributed by atoms with Crippen molar-refractivity contribution in [3.05, 3.63) is 29.8 Å². The summed E-state index contributed by atoms with van der Waals surface area (Å²) in [5.41, 5.74) is 0.139. The standard InChI is InChI=1S/C17H21NO5S/c1-12-4-6-13(7-5-12)24(20,21)23-15-11-18-9-2-3-14(18)17(15)8-10-22-16(17)19/h4-7,14-15H,2-3,8-11H2,1H3/t14-,15-,17+/m1/s1. The van der Waals surface area contributed by atoms with Gasteiger partial charge in [-0.1, -0.05) is 17.7 Å². The third kappa shape index (κ3) is 2.29. The lowest BCUT2D eigenvalue weighted by atomic mass is 9.76. The van der Waals surface area contributed by atoms with Crippen molar-refractivity contribution in [3.63, 3.8) is 0 Å². The van der Waals surface area contributed by atoms with Crippen LogP contribution in [0.15, 0.2) is 29.2 Å². The molecule has 1 aromatic carbocycles. The van der Waals surface area contributed by atoms with Crippen LogP contribution in [0.3, 0.4) is 0 Å². The minimum absolute atomic E-state index is 0.0331. The van der Waals surface area contributed by atoms with E-state index in [1.807, 2.05) is 6.92 Å². The summed E-state index contributed by atoms with van der Waals surface area (Å²) in [5.74, 6) is -0.305. The Labute approximate surface area is 141 Å². The second kappa shape index (κ2) is 5.54. The van der Waals surface area contributed by atoms with Gasteiger partial charge in [0.1, 0.15) is 11.5 Å². The molecule has 130 valence electrons. The molecule has 3 atom stereocenters. The number of ether oxygens (including phenoxy) is 1. The van der Waals surface area contributed by atoms with Crippen molar-refractivity contribution in [3.8, 4) is 0 Å². The summed E-state index contributed by atoms with van der Waals surface area (Å²) in [6.07, 6.45) is 1.77. The Hall–Kier alpha value is -1.44. The van der Waals surface area contributed by atoms with Crippen LogP contribution in [0.1, 0.15) is 24.8 Å². The molecule has 7 heteroatoms. The normalized spacial score (nSPS) is 33.1. The number of hydrogen-bond acceptors (Lipinski definition) is 6. The maximum atomic E-state index is 12.7. The van der Waals surface area contributed by atoms with Gasteiger partial charge < -0.3 is 4.74 Å². The number of rotatable bonds is 3. The highest BCUT2D eigenvalue weighted by Crippen LogP contribution is 2.50. The Kier molecular flexibility index (Phi) is 3.71. The van der Waals surface area contributed by atoms with Crippen LogP contribution in [0, 0.1) is 12.3 Å². The van der Waals surface area contributed by atoms with Gasteiger partial charge in [0.2, 0.25) is 0 Å². The van der Waals surface area contributed by atoms with Crippen LogP contribution in [0.2, 0.25) is 0 Å². The van der Waals surface area contributed by atoms with E-state index in [0.717, 1.165) is 24.9 Å². The van der Waals surface area contributed by atoms with E-state index in [0.29, 0.717) is 19.6 Å². The minimum Gasteiger partial charge on any atom is -0.465 e. The molecule has 3 aliphatic rings. The molecule has 0 aliphatic carbocycles. The number of fused-ring (bicyclic) bond motifs is 2. The number of aryl methyl sites for hydroxylation is 1. The highest BCUT2D eigenvalue weighted by Gasteiger charge is 2.64. The lowest BCUT2D eigenvalue weighted by Crippen LogP contribution is -2.46. The van der Waals surface area contributed by atoms with Crippen LogP contribution >= 0.6 is 0 Å². The molecule has 3 fully saturated rings. The van der Waals surface area contributed by atoms with E-state index in [1.54, 1.807) is 24.3 Å². The Balaban J connectivity index is 1.66. The fraction of sp³-hybridized carbons (Fsp3) is 0.588. The summed E-state index contributed by atoms with van der Waals surface area (Å²) < 4.78 is 36.2. The largest absolute Gasteiger partial charge is 0.465 e. The molecule has 3 aliphatic heterocycles. The highest BCUT2D eigenvalue weighted by molar-refractivity contribution is 7.86. The fourth-order valence-electron chi connectivity index (χ4n) is 4.39. The number of carbonyl (C=O) groups is 1. The van der Waals surface area contributed by atoms with E-state index in [4.69, 9.17) is 8.92 Å². The van der Waals surface area contributed by atoms with Gasteiger partial charge in [-0.2, -0.15) is 8.42 Å². The fourth-order valence-corrected chi connectivity index (χ4v) is 5.51. The molecular formula is C17H21NO5S. The Bertz CT molecular complexity index is 760. The topological polar surface area (TPSA) is 72.9 Å². The summed E-state index contributed by atoms with van der Waals surface area (Å²) in [4.78, 5) is 14.8. The number of nitrogens with zero attached hydrogens (tertiary/aromatic N) is 1. The zero-order valence-corrected chi connectivity index (χ0v) is 14.4. The number of carbonyl (C=O) groups excluding carboxylic acids is 1. The van der Waals surface area contributed by atoms with Gasteiger partial charge in [0.25, 0.3) is 10.1 Å². The SMILES string of the molecule is Cc1ccc(S(=O)(=O)O[C@@H]2CN3CCC[C@@H]3[C@@]23CCOC3=O)cc1. The minimum atomic E-state index is -3.91. The van der Waals surface area contributed by atoms with Crippen LogP contribution < -0.4 is 0 Å². The van der Waals surface area contributed by atoms with Crippen LogP contribution in [0.25, 0.3) is 0 Å². The first-order chi connectivity index (χ1) is 11.4. The Morgan fingerprint density at radius 2 is 2.04 bits per heavy atom. The van der Waals surface area contributed by atoms with Crippen molar-refractivity contribution in [2.45, 2.75) is 43.2 Å². The third-order valence-corrected chi connectivity index (χ3v) is 6.95. The molecule has 1 spiro atoms. The van der Waals surface area contributed by atoms with Crippen molar-refractivity contribution in [2.75, 3.05) is 19.7 Å². The maximum absolute atomic E-state index is 12.7. The van der Waals surface area contributed by atoms with E-state index < -0.39 is 21.6 Å². The number of benzene rings is 1. The van der Waals surface area contributed by atoms with Gasteiger partial charge in [-0.15, -0.1) is 0 Å². The van der Waals surface area contributed by atoms with E-state index in [2.05, 4.69) is 4.90 Å². The van der Waals surface area contributed by atoms with E-state index >= 15 is 0 Å². The zero-order valence-electron chi connectivity index (χ0n) is 13.6. The van der Waals surface area contributed by atoms with Gasteiger partial charge in [0, 0.05) is 19.0 Å². The predicted molar refractivity (Wildman–Crippen MR) is 85.8 cm³/mol. The lowest BCUT2D eigenvalue weighted by molar-refractivity contribution is -0.150. The molecule has 24 heavy (non-hydrogen) atoms. The van der Waals surface area contributed by atoms with Crippen molar-refractivity contribution >= 4 is 16.1 Å².